The van der Waals surface area contributed by atoms with Crippen molar-refractivity contribution in [2.24, 2.45) is 5.92 Å². The van der Waals surface area contributed by atoms with Crippen LogP contribution in [0.3, 0.4) is 0 Å². The van der Waals surface area contributed by atoms with Crippen molar-refractivity contribution in [3.05, 3.63) is 109 Å². The van der Waals surface area contributed by atoms with E-state index in [1.54, 1.807) is 24.3 Å². The van der Waals surface area contributed by atoms with E-state index in [-0.39, 0.29) is 29.1 Å². The van der Waals surface area contributed by atoms with E-state index < -0.39 is 17.1 Å². The molecule has 0 bridgehead atoms. The summed E-state index contributed by atoms with van der Waals surface area (Å²) in [5.41, 5.74) is 3.01. The number of carbonyl (C=O) groups is 3. The van der Waals surface area contributed by atoms with Crippen LogP contribution in [0.15, 0.2) is 93.2 Å². The smallest absolute Gasteiger partial charge is 0.308 e. The second-order valence-corrected chi connectivity index (χ2v) is 12.5. The van der Waals surface area contributed by atoms with Gasteiger partial charge in [-0.1, -0.05) is 87.1 Å². The van der Waals surface area contributed by atoms with Crippen LogP contribution in [0.2, 0.25) is 0 Å². The molecule has 1 fully saturated rings. The average Bonchev–Trinajstić information content (AvgIpc) is 3.36. The number of thiazole rings is 1. The lowest BCUT2D eigenvalue weighted by atomic mass is 9.83. The molecule has 2 aliphatic heterocycles. The Kier molecular flexibility index (Phi) is 6.78. The number of carbonyl (C=O) groups excluding carboxylic acids is 3. The predicted octanol–water partition coefficient (Wildman–Crippen LogP) is 5.42. The summed E-state index contributed by atoms with van der Waals surface area (Å²) in [5, 5.41) is 2.65. The van der Waals surface area contributed by atoms with Crippen molar-refractivity contribution in [1.82, 2.24) is 4.57 Å². The topological polar surface area (TPSA) is 88.5 Å². The lowest BCUT2D eigenvalue weighted by Crippen LogP contribution is -2.33. The number of aromatic nitrogens is 1. The third-order valence-corrected chi connectivity index (χ3v) is 10.0. The fourth-order valence-corrected chi connectivity index (χ4v) is 8.32. The lowest BCUT2D eigenvalue weighted by molar-refractivity contribution is -0.122. The molecule has 0 spiro atoms. The van der Waals surface area contributed by atoms with Crippen molar-refractivity contribution in [3.8, 4) is 0 Å². The summed E-state index contributed by atoms with van der Waals surface area (Å²) in [6.45, 7) is 1.75. The van der Waals surface area contributed by atoms with Crippen molar-refractivity contribution in [1.29, 1.82) is 0 Å². The molecule has 39 heavy (non-hydrogen) atoms. The Bertz CT molecular complexity index is 1670. The molecule has 3 heterocycles. The van der Waals surface area contributed by atoms with Crippen molar-refractivity contribution < 1.29 is 14.4 Å². The molecule has 3 aromatic carbocycles. The van der Waals surface area contributed by atoms with Gasteiger partial charge in [0.2, 0.25) is 17.7 Å². The van der Waals surface area contributed by atoms with E-state index in [1.807, 2.05) is 61.5 Å². The van der Waals surface area contributed by atoms with E-state index in [1.165, 1.54) is 21.2 Å². The highest BCUT2D eigenvalue weighted by Gasteiger charge is 2.56. The Balaban J connectivity index is 1.42. The van der Waals surface area contributed by atoms with Crippen molar-refractivity contribution >= 4 is 68.1 Å². The van der Waals surface area contributed by atoms with Crippen LogP contribution in [-0.2, 0) is 20.9 Å². The van der Waals surface area contributed by atoms with E-state index in [9.17, 15) is 19.2 Å². The number of benzene rings is 3. The minimum atomic E-state index is -0.729. The third kappa shape index (κ3) is 4.66. The summed E-state index contributed by atoms with van der Waals surface area (Å²) >= 11 is 5.77. The Morgan fingerprint density at radius 1 is 0.949 bits per heavy atom. The number of thioether (sulfide) groups is 1. The van der Waals surface area contributed by atoms with Crippen LogP contribution < -0.4 is 15.1 Å². The van der Waals surface area contributed by atoms with E-state index in [4.69, 9.17) is 0 Å². The SMILES string of the molecule is Cc1ccc(N2C(=O)C3Sc4c(sc(=O)n4CC(=O)Nc4ccccc4)[C@H](c4cccc(Br)c4)C3C2=O)cc1. The fraction of sp³-hybridized carbons (Fsp3) is 0.172. The quantitative estimate of drug-likeness (QED) is 0.302. The molecule has 1 saturated heterocycles. The minimum absolute atomic E-state index is 0.195. The highest BCUT2D eigenvalue weighted by atomic mass is 79.9. The number of amides is 3. The number of hydrogen-bond acceptors (Lipinski definition) is 6. The van der Waals surface area contributed by atoms with Gasteiger partial charge < -0.3 is 5.32 Å². The molecule has 7 nitrogen and oxygen atoms in total. The number of aryl methyl sites for hydroxylation is 1. The largest absolute Gasteiger partial charge is 0.325 e. The second-order valence-electron chi connectivity index (χ2n) is 9.48. The maximum absolute atomic E-state index is 13.9. The molecular formula is C29H22BrN3O4S2. The van der Waals surface area contributed by atoms with Crippen LogP contribution in [-0.4, -0.2) is 27.5 Å². The van der Waals surface area contributed by atoms with Gasteiger partial charge in [0, 0.05) is 21.0 Å². The molecule has 0 radical (unpaired) electrons. The van der Waals surface area contributed by atoms with Gasteiger partial charge in [-0.3, -0.25) is 23.7 Å². The van der Waals surface area contributed by atoms with E-state index in [0.717, 1.165) is 26.9 Å². The number of para-hydroxylation sites is 1. The molecule has 2 unspecified atom stereocenters. The van der Waals surface area contributed by atoms with Crippen LogP contribution >= 0.6 is 39.0 Å². The number of rotatable bonds is 5. The summed E-state index contributed by atoms with van der Waals surface area (Å²) in [7, 11) is 0. The first-order valence-corrected chi connectivity index (χ1v) is 14.8. The maximum atomic E-state index is 13.9. The van der Waals surface area contributed by atoms with Gasteiger partial charge in [-0.05, 0) is 48.9 Å². The zero-order chi connectivity index (χ0) is 27.3. The normalized spacial score (nSPS) is 20.1. The summed E-state index contributed by atoms with van der Waals surface area (Å²) in [5.74, 6) is -2.14. The molecule has 4 aromatic rings. The molecule has 196 valence electrons. The molecule has 1 N–H and O–H groups in total. The van der Waals surface area contributed by atoms with Gasteiger partial charge in [0.25, 0.3) is 0 Å². The predicted molar refractivity (Wildman–Crippen MR) is 156 cm³/mol. The number of nitrogens with one attached hydrogen (secondary N) is 1. The van der Waals surface area contributed by atoms with Gasteiger partial charge in [-0.2, -0.15) is 0 Å². The third-order valence-electron chi connectivity index (χ3n) is 6.91. The highest BCUT2D eigenvalue weighted by molar-refractivity contribution is 9.10. The molecule has 6 rings (SSSR count). The van der Waals surface area contributed by atoms with Gasteiger partial charge in [0.05, 0.1) is 16.6 Å². The minimum Gasteiger partial charge on any atom is -0.325 e. The Labute approximate surface area is 241 Å². The average molecular weight is 621 g/mol. The number of hydrogen-bond donors (Lipinski definition) is 1. The van der Waals surface area contributed by atoms with Gasteiger partial charge >= 0.3 is 4.87 Å². The lowest BCUT2D eigenvalue weighted by Gasteiger charge is -2.30. The van der Waals surface area contributed by atoms with Crippen LogP contribution in [0, 0.1) is 12.8 Å². The number of imide groups is 1. The van der Waals surface area contributed by atoms with Gasteiger partial charge in [-0.15, -0.1) is 0 Å². The summed E-state index contributed by atoms with van der Waals surface area (Å²) in [6.07, 6.45) is 0. The summed E-state index contributed by atoms with van der Waals surface area (Å²) in [4.78, 5) is 55.5. The summed E-state index contributed by atoms with van der Waals surface area (Å²) < 4.78 is 2.26. The summed E-state index contributed by atoms with van der Waals surface area (Å²) in [6, 6.07) is 23.9. The monoisotopic (exact) mass is 619 g/mol. The van der Waals surface area contributed by atoms with Gasteiger partial charge in [0.15, 0.2) is 0 Å². The van der Waals surface area contributed by atoms with E-state index in [2.05, 4.69) is 21.2 Å². The van der Waals surface area contributed by atoms with Crippen LogP contribution in [0.4, 0.5) is 11.4 Å². The number of halogens is 1. The standard InChI is InChI=1S/C29H22BrN3O4S2/c1-16-10-12-20(13-11-16)33-26(35)23-22(17-6-5-7-18(30)14-17)25-28(38-24(23)27(33)36)32(29(37)39-25)15-21(34)31-19-8-3-2-4-9-19/h2-14,22-24H,15H2,1H3,(H,31,34)/t22-,23?,24?/m1/s1. The van der Waals surface area contributed by atoms with Gasteiger partial charge in [0.1, 0.15) is 11.8 Å². The first-order valence-electron chi connectivity index (χ1n) is 12.3. The first-order chi connectivity index (χ1) is 18.8. The highest BCUT2D eigenvalue weighted by Crippen LogP contribution is 2.54. The van der Waals surface area contributed by atoms with Crippen molar-refractivity contribution in [2.45, 2.75) is 29.7 Å². The molecule has 1 aromatic heterocycles. The zero-order valence-corrected chi connectivity index (χ0v) is 23.9. The van der Waals surface area contributed by atoms with Crippen molar-refractivity contribution in [2.75, 3.05) is 10.2 Å². The molecule has 10 heteroatoms. The van der Waals surface area contributed by atoms with E-state index in [0.29, 0.717) is 21.3 Å². The Morgan fingerprint density at radius 3 is 2.41 bits per heavy atom. The van der Waals surface area contributed by atoms with Crippen LogP contribution in [0.5, 0.6) is 0 Å². The number of nitrogens with zero attached hydrogens (tertiary/aromatic N) is 2. The molecule has 2 aliphatic rings. The molecule has 0 saturated carbocycles. The fourth-order valence-electron chi connectivity index (χ4n) is 5.13. The molecule has 0 aliphatic carbocycles. The Hall–Kier alpha value is -3.47. The molecule has 3 amide bonds. The van der Waals surface area contributed by atoms with Crippen LogP contribution in [0.25, 0.3) is 0 Å². The molecule has 3 atom stereocenters. The molecular weight excluding hydrogens is 598 g/mol. The first kappa shape index (κ1) is 25.8. The van der Waals surface area contributed by atoms with Gasteiger partial charge in [-0.25, -0.2) is 4.90 Å². The zero-order valence-electron chi connectivity index (χ0n) is 20.7. The second kappa shape index (κ2) is 10.3. The number of fused-ring (bicyclic) bond motifs is 2. The number of anilines is 2. The maximum Gasteiger partial charge on any atom is 0.308 e. The Morgan fingerprint density at radius 2 is 1.69 bits per heavy atom. The van der Waals surface area contributed by atoms with E-state index >= 15 is 0 Å². The van der Waals surface area contributed by atoms with Crippen molar-refractivity contribution in [3.63, 3.8) is 0 Å². The van der Waals surface area contributed by atoms with Crippen LogP contribution in [0.1, 0.15) is 21.9 Å².